The molecule has 0 fully saturated rings. The summed E-state index contributed by atoms with van der Waals surface area (Å²) in [7, 11) is 0. The summed E-state index contributed by atoms with van der Waals surface area (Å²) in [6, 6.07) is 4.23. The summed E-state index contributed by atoms with van der Waals surface area (Å²) in [6.07, 6.45) is 8.69. The number of hydrogen-bond acceptors (Lipinski definition) is 3. The van der Waals surface area contributed by atoms with E-state index in [1.165, 1.54) is 0 Å². The molecule has 0 aliphatic heterocycles. The van der Waals surface area contributed by atoms with Crippen LogP contribution in [-0.2, 0) is 0 Å². The molecule has 1 aliphatic rings. The molecular weight excluding hydrogens is 176 g/mol. The van der Waals surface area contributed by atoms with Crippen molar-refractivity contribution in [2.75, 3.05) is 11.9 Å². The minimum absolute atomic E-state index is 0.241. The van der Waals surface area contributed by atoms with Crippen molar-refractivity contribution in [1.82, 2.24) is 4.98 Å². The van der Waals surface area contributed by atoms with E-state index in [0.717, 1.165) is 12.1 Å². The number of aromatic nitrogens is 1. The summed E-state index contributed by atoms with van der Waals surface area (Å²) in [6.45, 7) is 0.241. The highest BCUT2D eigenvalue weighted by atomic mass is 16.3. The lowest BCUT2D eigenvalue weighted by Crippen LogP contribution is -2.16. The van der Waals surface area contributed by atoms with Crippen molar-refractivity contribution in [3.05, 3.63) is 36.7 Å². The van der Waals surface area contributed by atoms with Gasteiger partial charge in [0.25, 0.3) is 0 Å². The van der Waals surface area contributed by atoms with E-state index in [1.807, 2.05) is 12.1 Å². The topological polar surface area (TPSA) is 45.1 Å². The van der Waals surface area contributed by atoms with E-state index in [1.54, 1.807) is 12.4 Å². The monoisotopic (exact) mass is 190 g/mol. The van der Waals surface area contributed by atoms with Crippen LogP contribution in [0.3, 0.4) is 0 Å². The molecule has 2 N–H and O–H groups in total. The van der Waals surface area contributed by atoms with Gasteiger partial charge in [-0.1, -0.05) is 12.2 Å². The molecule has 0 spiro atoms. The van der Waals surface area contributed by atoms with Gasteiger partial charge in [-0.15, -0.1) is 0 Å². The fourth-order valence-corrected chi connectivity index (χ4v) is 1.68. The SMILES string of the molecule is OC[C@H]1C=C[C@@H](Nc2ccncc2)C1. The Balaban J connectivity index is 1.92. The zero-order valence-electron chi connectivity index (χ0n) is 7.93. The van der Waals surface area contributed by atoms with Crippen LogP contribution < -0.4 is 5.32 Å². The van der Waals surface area contributed by atoms with Crippen molar-refractivity contribution in [2.45, 2.75) is 12.5 Å². The van der Waals surface area contributed by atoms with Crippen LogP contribution in [0, 0.1) is 5.92 Å². The standard InChI is InChI=1S/C11H14N2O/c14-8-9-1-2-11(7-9)13-10-3-5-12-6-4-10/h1-6,9,11,14H,7-8H2,(H,12,13)/t9-,11+/m0/s1. The molecule has 0 amide bonds. The van der Waals surface area contributed by atoms with Crippen LogP contribution in [0.15, 0.2) is 36.7 Å². The van der Waals surface area contributed by atoms with Crippen LogP contribution >= 0.6 is 0 Å². The Morgan fingerprint density at radius 1 is 1.36 bits per heavy atom. The van der Waals surface area contributed by atoms with E-state index in [0.29, 0.717) is 12.0 Å². The van der Waals surface area contributed by atoms with Gasteiger partial charge < -0.3 is 10.4 Å². The summed E-state index contributed by atoms with van der Waals surface area (Å²) < 4.78 is 0. The van der Waals surface area contributed by atoms with Gasteiger partial charge in [0.15, 0.2) is 0 Å². The molecule has 1 aromatic heterocycles. The second-order valence-electron chi connectivity index (χ2n) is 3.55. The van der Waals surface area contributed by atoms with Crippen molar-refractivity contribution in [2.24, 2.45) is 5.92 Å². The molecule has 0 saturated heterocycles. The van der Waals surface area contributed by atoms with Gasteiger partial charge in [-0.25, -0.2) is 0 Å². The lowest BCUT2D eigenvalue weighted by atomic mass is 10.1. The predicted octanol–water partition coefficient (Wildman–Crippen LogP) is 1.43. The lowest BCUT2D eigenvalue weighted by Gasteiger charge is -2.13. The first-order chi connectivity index (χ1) is 6.88. The van der Waals surface area contributed by atoms with E-state index >= 15 is 0 Å². The van der Waals surface area contributed by atoms with Gasteiger partial charge in [-0.05, 0) is 18.6 Å². The second-order valence-corrected chi connectivity index (χ2v) is 3.55. The van der Waals surface area contributed by atoms with E-state index in [9.17, 15) is 0 Å². The summed E-state index contributed by atoms with van der Waals surface area (Å²) in [5.41, 5.74) is 1.08. The highest BCUT2D eigenvalue weighted by Crippen LogP contribution is 2.20. The first-order valence-electron chi connectivity index (χ1n) is 4.84. The van der Waals surface area contributed by atoms with Crippen molar-refractivity contribution in [3.63, 3.8) is 0 Å². The third-order valence-corrected chi connectivity index (χ3v) is 2.44. The average Bonchev–Trinajstić information content (AvgIpc) is 2.67. The van der Waals surface area contributed by atoms with Gasteiger partial charge in [0.2, 0.25) is 0 Å². The maximum absolute atomic E-state index is 8.96. The van der Waals surface area contributed by atoms with Gasteiger partial charge in [0, 0.05) is 36.6 Å². The molecule has 0 unspecified atom stereocenters. The smallest absolute Gasteiger partial charge is 0.0494 e. The van der Waals surface area contributed by atoms with Crippen LogP contribution in [0.2, 0.25) is 0 Å². The molecule has 1 aromatic rings. The lowest BCUT2D eigenvalue weighted by molar-refractivity contribution is 0.250. The maximum Gasteiger partial charge on any atom is 0.0494 e. The molecule has 3 heteroatoms. The fourth-order valence-electron chi connectivity index (χ4n) is 1.68. The molecule has 2 rings (SSSR count). The Labute approximate surface area is 83.5 Å². The summed E-state index contributed by atoms with van der Waals surface area (Å²) in [5.74, 6) is 0.314. The van der Waals surface area contributed by atoms with E-state index in [-0.39, 0.29) is 6.61 Å². The van der Waals surface area contributed by atoms with Crippen LogP contribution in [-0.4, -0.2) is 22.7 Å². The van der Waals surface area contributed by atoms with Crippen LogP contribution in [0.25, 0.3) is 0 Å². The predicted molar refractivity (Wildman–Crippen MR) is 56.0 cm³/mol. The van der Waals surface area contributed by atoms with Gasteiger partial charge in [-0.2, -0.15) is 0 Å². The van der Waals surface area contributed by atoms with Crippen LogP contribution in [0.1, 0.15) is 6.42 Å². The molecular formula is C11H14N2O. The van der Waals surface area contributed by atoms with Crippen molar-refractivity contribution in [1.29, 1.82) is 0 Å². The molecule has 0 radical (unpaired) electrons. The van der Waals surface area contributed by atoms with Crippen LogP contribution in [0.4, 0.5) is 5.69 Å². The van der Waals surface area contributed by atoms with E-state index in [2.05, 4.69) is 22.5 Å². The first kappa shape index (κ1) is 9.21. The largest absolute Gasteiger partial charge is 0.396 e. The molecule has 0 saturated carbocycles. The number of aliphatic hydroxyl groups excluding tert-OH is 1. The summed E-state index contributed by atoms with van der Waals surface area (Å²) >= 11 is 0. The zero-order chi connectivity index (χ0) is 9.80. The Bertz CT molecular complexity index is 310. The number of aliphatic hydroxyl groups is 1. The Hall–Kier alpha value is -1.35. The molecule has 14 heavy (non-hydrogen) atoms. The summed E-state index contributed by atoms with van der Waals surface area (Å²) in [5, 5.41) is 12.3. The molecule has 3 nitrogen and oxygen atoms in total. The molecule has 1 aliphatic carbocycles. The number of nitrogens with one attached hydrogen (secondary N) is 1. The minimum Gasteiger partial charge on any atom is -0.396 e. The third-order valence-electron chi connectivity index (χ3n) is 2.44. The number of rotatable bonds is 3. The van der Waals surface area contributed by atoms with Gasteiger partial charge in [0.05, 0.1) is 0 Å². The number of hydrogen-bond donors (Lipinski definition) is 2. The number of pyridine rings is 1. The maximum atomic E-state index is 8.96. The Morgan fingerprint density at radius 3 is 2.79 bits per heavy atom. The minimum atomic E-state index is 0.241. The quantitative estimate of drug-likeness (QED) is 0.709. The Kier molecular flexibility index (Phi) is 2.79. The van der Waals surface area contributed by atoms with Gasteiger partial charge >= 0.3 is 0 Å². The molecule has 2 atom stereocenters. The van der Waals surface area contributed by atoms with Gasteiger partial charge in [0.1, 0.15) is 0 Å². The molecule has 0 aromatic carbocycles. The van der Waals surface area contributed by atoms with E-state index in [4.69, 9.17) is 5.11 Å². The second kappa shape index (κ2) is 4.24. The highest BCUT2D eigenvalue weighted by molar-refractivity contribution is 5.43. The molecule has 1 heterocycles. The first-order valence-corrected chi connectivity index (χ1v) is 4.84. The highest BCUT2D eigenvalue weighted by Gasteiger charge is 2.17. The third kappa shape index (κ3) is 2.12. The zero-order valence-corrected chi connectivity index (χ0v) is 7.93. The van der Waals surface area contributed by atoms with Crippen molar-refractivity contribution >= 4 is 5.69 Å². The number of nitrogens with zero attached hydrogens (tertiary/aromatic N) is 1. The fraction of sp³-hybridized carbons (Fsp3) is 0.364. The normalized spacial score (nSPS) is 25.2. The Morgan fingerprint density at radius 2 is 2.14 bits per heavy atom. The van der Waals surface area contributed by atoms with E-state index < -0.39 is 0 Å². The van der Waals surface area contributed by atoms with Crippen LogP contribution in [0.5, 0.6) is 0 Å². The van der Waals surface area contributed by atoms with Crippen molar-refractivity contribution < 1.29 is 5.11 Å². The number of anilines is 1. The van der Waals surface area contributed by atoms with Crippen molar-refractivity contribution in [3.8, 4) is 0 Å². The molecule has 0 bridgehead atoms. The summed E-state index contributed by atoms with van der Waals surface area (Å²) in [4.78, 5) is 3.95. The molecule has 74 valence electrons. The average molecular weight is 190 g/mol. The van der Waals surface area contributed by atoms with Gasteiger partial charge in [-0.3, -0.25) is 4.98 Å².